The van der Waals surface area contributed by atoms with E-state index in [1.165, 1.54) is 0 Å². The number of anilines is 1. The number of nitrogens with one attached hydrogen (secondary N) is 3. The Morgan fingerprint density at radius 3 is 2.61 bits per heavy atom. The molecule has 1 aliphatic rings. The van der Waals surface area contributed by atoms with Crippen molar-refractivity contribution >= 4 is 28.6 Å². The average molecular weight is 315 g/mol. The van der Waals surface area contributed by atoms with Crippen LogP contribution in [0.5, 0.6) is 0 Å². The zero-order valence-electron chi connectivity index (χ0n) is 13.1. The summed E-state index contributed by atoms with van der Waals surface area (Å²) in [5.41, 5.74) is 2.87. The fourth-order valence-electron chi connectivity index (χ4n) is 3.19. The Labute approximate surface area is 134 Å². The maximum Gasteiger partial charge on any atom is 0.319 e. The first-order valence-electron chi connectivity index (χ1n) is 7.91. The molecule has 23 heavy (non-hydrogen) atoms. The molecule has 1 fully saturated rings. The molecule has 2 aromatic rings. The number of amides is 2. The number of aryl methyl sites for hydroxylation is 1. The maximum absolute atomic E-state index is 12.1. The van der Waals surface area contributed by atoms with Crippen LogP contribution in [0.2, 0.25) is 0 Å². The summed E-state index contributed by atoms with van der Waals surface area (Å²) < 4.78 is 0. The quantitative estimate of drug-likeness (QED) is 0.700. The van der Waals surface area contributed by atoms with E-state index in [1.54, 1.807) is 0 Å². The van der Waals surface area contributed by atoms with Crippen LogP contribution in [0.25, 0.3) is 10.9 Å². The van der Waals surface area contributed by atoms with Gasteiger partial charge in [0.05, 0.1) is 5.92 Å². The second-order valence-electron chi connectivity index (χ2n) is 6.24. The number of hydrogen-bond donors (Lipinski definition) is 4. The molecule has 6 heteroatoms. The van der Waals surface area contributed by atoms with Crippen LogP contribution in [0.3, 0.4) is 0 Å². The minimum atomic E-state index is -0.733. The lowest BCUT2D eigenvalue weighted by Gasteiger charge is -2.26. The van der Waals surface area contributed by atoms with Gasteiger partial charge in [-0.2, -0.15) is 0 Å². The van der Waals surface area contributed by atoms with Gasteiger partial charge in [0.1, 0.15) is 0 Å². The first-order chi connectivity index (χ1) is 11.0. The maximum atomic E-state index is 12.1. The molecule has 122 valence electrons. The third-order valence-corrected chi connectivity index (χ3v) is 4.42. The largest absolute Gasteiger partial charge is 0.481 e. The lowest BCUT2D eigenvalue weighted by atomic mass is 9.86. The molecule has 6 nitrogen and oxygen atoms in total. The van der Waals surface area contributed by atoms with Crippen LogP contribution in [0.1, 0.15) is 31.4 Å². The number of urea groups is 1. The Kier molecular flexibility index (Phi) is 4.23. The van der Waals surface area contributed by atoms with Crippen molar-refractivity contribution in [3.05, 3.63) is 30.0 Å². The molecule has 2 amide bonds. The van der Waals surface area contributed by atoms with Gasteiger partial charge >= 0.3 is 12.0 Å². The number of rotatable bonds is 3. The van der Waals surface area contributed by atoms with Crippen molar-refractivity contribution < 1.29 is 14.7 Å². The van der Waals surface area contributed by atoms with E-state index in [9.17, 15) is 9.59 Å². The van der Waals surface area contributed by atoms with Crippen molar-refractivity contribution in [2.45, 2.75) is 38.6 Å². The van der Waals surface area contributed by atoms with Gasteiger partial charge < -0.3 is 20.7 Å². The van der Waals surface area contributed by atoms with Crippen molar-refractivity contribution in [2.24, 2.45) is 5.92 Å². The van der Waals surface area contributed by atoms with Crippen LogP contribution >= 0.6 is 0 Å². The second kappa shape index (κ2) is 6.32. The highest BCUT2D eigenvalue weighted by atomic mass is 16.4. The number of aliphatic carboxylic acids is 1. The van der Waals surface area contributed by atoms with Gasteiger partial charge in [-0.15, -0.1) is 0 Å². The molecular weight excluding hydrogens is 294 g/mol. The standard InChI is InChI=1S/C17H21N3O3/c1-10-8-12-9-14(6-7-15(12)18-10)20-17(23)19-13-4-2-11(3-5-13)16(21)22/h6-9,11,13,18H,2-5H2,1H3,(H,21,22)(H2,19,20,23). The van der Waals surface area contributed by atoms with Gasteiger partial charge in [-0.3, -0.25) is 4.79 Å². The molecular formula is C17H21N3O3. The molecule has 3 rings (SSSR count). The van der Waals surface area contributed by atoms with Gasteiger partial charge in [0.15, 0.2) is 0 Å². The summed E-state index contributed by atoms with van der Waals surface area (Å²) in [6, 6.07) is 7.57. The summed E-state index contributed by atoms with van der Waals surface area (Å²) in [7, 11) is 0. The predicted octanol–water partition coefficient (Wildman–Crippen LogP) is 3.24. The number of carboxylic acid groups (broad SMARTS) is 1. The first-order valence-corrected chi connectivity index (χ1v) is 7.91. The smallest absolute Gasteiger partial charge is 0.319 e. The highest BCUT2D eigenvalue weighted by Gasteiger charge is 2.26. The van der Waals surface area contributed by atoms with Gasteiger partial charge in [-0.05, 0) is 56.9 Å². The minimum Gasteiger partial charge on any atom is -0.481 e. The average Bonchev–Trinajstić information content (AvgIpc) is 2.87. The first kappa shape index (κ1) is 15.4. The Morgan fingerprint density at radius 2 is 1.91 bits per heavy atom. The van der Waals surface area contributed by atoms with Crippen LogP contribution in [-0.4, -0.2) is 28.1 Å². The van der Waals surface area contributed by atoms with Crippen LogP contribution < -0.4 is 10.6 Å². The van der Waals surface area contributed by atoms with Crippen molar-refractivity contribution in [3.8, 4) is 0 Å². The normalized spacial score (nSPS) is 21.1. The van der Waals surface area contributed by atoms with Gasteiger partial charge in [0, 0.05) is 28.3 Å². The molecule has 0 bridgehead atoms. The molecule has 0 radical (unpaired) electrons. The molecule has 0 unspecified atom stereocenters. The van der Waals surface area contributed by atoms with Gasteiger partial charge in [0.25, 0.3) is 0 Å². The number of hydrogen-bond acceptors (Lipinski definition) is 2. The molecule has 0 atom stereocenters. The molecule has 1 saturated carbocycles. The van der Waals surface area contributed by atoms with E-state index in [4.69, 9.17) is 5.11 Å². The molecule has 1 aliphatic carbocycles. The molecule has 1 aromatic carbocycles. The number of carboxylic acids is 1. The number of aromatic nitrogens is 1. The topological polar surface area (TPSA) is 94.2 Å². The van der Waals surface area contributed by atoms with E-state index in [-0.39, 0.29) is 18.0 Å². The van der Waals surface area contributed by atoms with Gasteiger partial charge in [-0.25, -0.2) is 4.79 Å². The second-order valence-corrected chi connectivity index (χ2v) is 6.24. The van der Waals surface area contributed by atoms with Crippen LogP contribution in [0.15, 0.2) is 24.3 Å². The zero-order chi connectivity index (χ0) is 16.4. The van der Waals surface area contributed by atoms with E-state index in [2.05, 4.69) is 15.6 Å². The Hall–Kier alpha value is -2.50. The summed E-state index contributed by atoms with van der Waals surface area (Å²) >= 11 is 0. The number of fused-ring (bicyclic) bond motifs is 1. The SMILES string of the molecule is Cc1cc2cc(NC(=O)NC3CCC(C(=O)O)CC3)ccc2[nH]1. The number of carbonyl (C=O) groups is 2. The number of benzene rings is 1. The highest BCUT2D eigenvalue weighted by molar-refractivity contribution is 5.93. The summed E-state index contributed by atoms with van der Waals surface area (Å²) in [6.07, 6.45) is 2.66. The molecule has 0 aliphatic heterocycles. The van der Waals surface area contributed by atoms with Crippen LogP contribution in [0, 0.1) is 12.8 Å². The zero-order valence-corrected chi connectivity index (χ0v) is 13.1. The minimum absolute atomic E-state index is 0.0452. The Balaban J connectivity index is 1.55. The molecule has 1 heterocycles. The van der Waals surface area contributed by atoms with Crippen molar-refractivity contribution in [3.63, 3.8) is 0 Å². The number of H-pyrrole nitrogens is 1. The highest BCUT2D eigenvalue weighted by Crippen LogP contribution is 2.24. The molecule has 0 spiro atoms. The lowest BCUT2D eigenvalue weighted by molar-refractivity contribution is -0.142. The van der Waals surface area contributed by atoms with Crippen molar-refractivity contribution in [1.82, 2.24) is 10.3 Å². The van der Waals surface area contributed by atoms with E-state index in [0.717, 1.165) is 22.3 Å². The molecule has 1 aromatic heterocycles. The van der Waals surface area contributed by atoms with E-state index >= 15 is 0 Å². The summed E-state index contributed by atoms with van der Waals surface area (Å²) in [5.74, 6) is -1.00. The van der Waals surface area contributed by atoms with Crippen LogP contribution in [0.4, 0.5) is 10.5 Å². The Bertz CT molecular complexity index is 730. The number of carbonyl (C=O) groups excluding carboxylic acids is 1. The van der Waals surface area contributed by atoms with Gasteiger partial charge in [0.2, 0.25) is 0 Å². The summed E-state index contributed by atoms with van der Waals surface area (Å²) in [6.45, 7) is 1.99. The molecule has 0 saturated heterocycles. The fourth-order valence-corrected chi connectivity index (χ4v) is 3.19. The van der Waals surface area contributed by atoms with Crippen LogP contribution in [-0.2, 0) is 4.79 Å². The molecule has 4 N–H and O–H groups in total. The summed E-state index contributed by atoms with van der Waals surface area (Å²) in [5, 5.41) is 15.8. The van der Waals surface area contributed by atoms with E-state index in [1.807, 2.05) is 31.2 Å². The van der Waals surface area contributed by atoms with Gasteiger partial charge in [-0.1, -0.05) is 0 Å². The number of aromatic amines is 1. The lowest BCUT2D eigenvalue weighted by Crippen LogP contribution is -2.40. The fraction of sp³-hybridized carbons (Fsp3) is 0.412. The van der Waals surface area contributed by atoms with E-state index < -0.39 is 5.97 Å². The van der Waals surface area contributed by atoms with E-state index in [0.29, 0.717) is 25.7 Å². The monoisotopic (exact) mass is 315 g/mol. The van der Waals surface area contributed by atoms with Crippen molar-refractivity contribution in [1.29, 1.82) is 0 Å². The third-order valence-electron chi connectivity index (χ3n) is 4.42. The van der Waals surface area contributed by atoms with Crippen molar-refractivity contribution in [2.75, 3.05) is 5.32 Å². The summed E-state index contributed by atoms with van der Waals surface area (Å²) in [4.78, 5) is 26.3. The predicted molar refractivity (Wildman–Crippen MR) is 88.6 cm³/mol. The Morgan fingerprint density at radius 1 is 1.17 bits per heavy atom. The third kappa shape index (κ3) is 3.64.